The third-order valence-electron chi connectivity index (χ3n) is 5.77. The summed E-state index contributed by atoms with van der Waals surface area (Å²) in [6, 6.07) is 10.8. The maximum absolute atomic E-state index is 13.6. The number of carbonyl (C=O) groups excluding carboxylic acids is 1. The highest BCUT2D eigenvalue weighted by Gasteiger charge is 2.34. The van der Waals surface area contributed by atoms with Gasteiger partial charge in [-0.3, -0.25) is 4.79 Å². The molecule has 6 nitrogen and oxygen atoms in total. The molecule has 1 saturated heterocycles. The highest BCUT2D eigenvalue weighted by atomic mass is 19.1. The molecule has 0 bridgehead atoms. The molecule has 31 heavy (non-hydrogen) atoms. The van der Waals surface area contributed by atoms with Crippen LogP contribution in [0.15, 0.2) is 55.0 Å². The van der Waals surface area contributed by atoms with Gasteiger partial charge in [-0.05, 0) is 41.8 Å². The lowest BCUT2D eigenvalue weighted by Crippen LogP contribution is -2.26. The largest absolute Gasteiger partial charge is 0.383 e. The van der Waals surface area contributed by atoms with Gasteiger partial charge < -0.3 is 15.2 Å². The number of aryl methyl sites for hydroxylation is 1. The predicted octanol–water partition coefficient (Wildman–Crippen LogP) is 4.02. The average Bonchev–Trinajstić information content (AvgIpc) is 3.29. The fourth-order valence-electron chi connectivity index (χ4n) is 4.30. The van der Waals surface area contributed by atoms with Crippen LogP contribution in [-0.2, 0) is 11.8 Å². The number of nitrogen functional groups attached to an aromatic ring is 1. The monoisotopic (exact) mass is 419 g/mol. The van der Waals surface area contributed by atoms with E-state index in [1.165, 1.54) is 18.5 Å². The van der Waals surface area contributed by atoms with Crippen molar-refractivity contribution in [3.63, 3.8) is 0 Å². The smallest absolute Gasteiger partial charge is 0.234 e. The predicted molar refractivity (Wildman–Crippen MR) is 114 cm³/mol. The first-order valence-electron chi connectivity index (χ1n) is 9.85. The van der Waals surface area contributed by atoms with Crippen LogP contribution in [0.25, 0.3) is 22.2 Å². The van der Waals surface area contributed by atoms with E-state index in [0.717, 1.165) is 33.9 Å². The van der Waals surface area contributed by atoms with Gasteiger partial charge in [-0.1, -0.05) is 12.1 Å². The minimum absolute atomic E-state index is 0.166. The molecule has 8 heteroatoms. The molecule has 5 rings (SSSR count). The molecule has 0 spiro atoms. The first-order valence-corrected chi connectivity index (χ1v) is 9.85. The van der Waals surface area contributed by atoms with E-state index in [0.29, 0.717) is 24.3 Å². The first-order chi connectivity index (χ1) is 14.9. The van der Waals surface area contributed by atoms with Gasteiger partial charge in [0.05, 0.1) is 11.3 Å². The van der Waals surface area contributed by atoms with E-state index in [-0.39, 0.29) is 5.91 Å². The van der Waals surface area contributed by atoms with Crippen molar-refractivity contribution in [2.24, 2.45) is 7.05 Å². The lowest BCUT2D eigenvalue weighted by atomic mass is 9.97. The second-order valence-corrected chi connectivity index (χ2v) is 7.69. The third kappa shape index (κ3) is 3.20. The standard InChI is InChI=1S/C23H19F2N5O/c1-29-11-19(20-21(26)27-12-28-22(20)29)13-2-4-17(5-3-13)30-7-6-18(23(30)31)14-8-15(24)10-16(25)9-14/h2-5,8-12,18H,6-7H2,1H3,(H2,26,27,28). The number of nitrogens with two attached hydrogens (primary N) is 1. The number of amides is 1. The Morgan fingerprint density at radius 1 is 1.06 bits per heavy atom. The molecular formula is C23H19F2N5O. The molecule has 0 aliphatic carbocycles. The summed E-state index contributed by atoms with van der Waals surface area (Å²) in [7, 11) is 1.89. The van der Waals surface area contributed by atoms with E-state index < -0.39 is 17.6 Å². The molecule has 1 atom stereocenters. The Balaban J connectivity index is 1.44. The van der Waals surface area contributed by atoms with Gasteiger partial charge >= 0.3 is 0 Å². The van der Waals surface area contributed by atoms with Gasteiger partial charge in [-0.15, -0.1) is 0 Å². The number of fused-ring (bicyclic) bond motifs is 1. The molecule has 0 saturated carbocycles. The quantitative estimate of drug-likeness (QED) is 0.544. The molecule has 2 aromatic heterocycles. The second-order valence-electron chi connectivity index (χ2n) is 7.69. The number of halogens is 2. The Morgan fingerprint density at radius 2 is 1.77 bits per heavy atom. The molecule has 1 unspecified atom stereocenters. The van der Waals surface area contributed by atoms with Crippen LogP contribution >= 0.6 is 0 Å². The van der Waals surface area contributed by atoms with Crippen molar-refractivity contribution in [2.75, 3.05) is 17.2 Å². The zero-order chi connectivity index (χ0) is 21.7. The second kappa shape index (κ2) is 7.16. The molecule has 2 N–H and O–H groups in total. The highest BCUT2D eigenvalue weighted by Crippen LogP contribution is 2.36. The average molecular weight is 419 g/mol. The molecule has 2 aromatic carbocycles. The van der Waals surface area contributed by atoms with Crippen LogP contribution < -0.4 is 10.6 Å². The molecular weight excluding hydrogens is 400 g/mol. The van der Waals surface area contributed by atoms with Crippen molar-refractivity contribution in [1.29, 1.82) is 0 Å². The minimum atomic E-state index is -0.677. The van der Waals surface area contributed by atoms with E-state index in [9.17, 15) is 13.6 Å². The van der Waals surface area contributed by atoms with Gasteiger partial charge in [0.25, 0.3) is 0 Å². The lowest BCUT2D eigenvalue weighted by Gasteiger charge is -2.17. The van der Waals surface area contributed by atoms with Gasteiger partial charge in [0, 0.05) is 37.1 Å². The molecule has 1 amide bonds. The summed E-state index contributed by atoms with van der Waals surface area (Å²) in [5.41, 5.74) is 9.75. The van der Waals surface area contributed by atoms with Crippen LogP contribution in [0.1, 0.15) is 17.9 Å². The number of aromatic nitrogens is 3. The SMILES string of the molecule is Cn1cc(-c2ccc(N3CCC(c4cc(F)cc(F)c4)C3=O)cc2)c2c(N)ncnc21. The van der Waals surface area contributed by atoms with E-state index in [1.54, 1.807) is 4.90 Å². The summed E-state index contributed by atoms with van der Waals surface area (Å²) in [5, 5.41) is 0.781. The number of hydrogen-bond donors (Lipinski definition) is 1. The van der Waals surface area contributed by atoms with Crippen LogP contribution in [0, 0.1) is 11.6 Å². The number of nitrogens with zero attached hydrogens (tertiary/aromatic N) is 4. The van der Waals surface area contributed by atoms with Gasteiger partial charge in [0.2, 0.25) is 5.91 Å². The normalized spacial score (nSPS) is 16.4. The van der Waals surface area contributed by atoms with E-state index in [4.69, 9.17) is 5.73 Å². The number of hydrogen-bond acceptors (Lipinski definition) is 4. The van der Waals surface area contributed by atoms with Crippen molar-refractivity contribution in [3.05, 3.63) is 72.2 Å². The summed E-state index contributed by atoms with van der Waals surface area (Å²) in [6.07, 6.45) is 3.88. The zero-order valence-corrected chi connectivity index (χ0v) is 16.7. The van der Waals surface area contributed by atoms with Crippen LogP contribution in [0.5, 0.6) is 0 Å². The zero-order valence-electron chi connectivity index (χ0n) is 16.7. The Kier molecular flexibility index (Phi) is 4.43. The van der Waals surface area contributed by atoms with Crippen molar-refractivity contribution in [3.8, 4) is 11.1 Å². The Labute approximate surface area is 176 Å². The maximum atomic E-state index is 13.6. The van der Waals surface area contributed by atoms with Gasteiger partial charge in [0.1, 0.15) is 29.4 Å². The molecule has 1 aliphatic heterocycles. The van der Waals surface area contributed by atoms with Crippen LogP contribution in [0.2, 0.25) is 0 Å². The fraction of sp³-hybridized carbons (Fsp3) is 0.174. The van der Waals surface area contributed by atoms with Crippen molar-refractivity contribution >= 4 is 28.4 Å². The van der Waals surface area contributed by atoms with E-state index in [1.807, 2.05) is 42.1 Å². The molecule has 156 valence electrons. The Hall–Kier alpha value is -3.81. The Bertz CT molecular complexity index is 1300. The topological polar surface area (TPSA) is 77.0 Å². The molecule has 1 aliphatic rings. The van der Waals surface area contributed by atoms with Gasteiger partial charge in [0.15, 0.2) is 0 Å². The summed E-state index contributed by atoms with van der Waals surface area (Å²) in [6.45, 7) is 0.482. The summed E-state index contributed by atoms with van der Waals surface area (Å²) in [5.74, 6) is -1.67. The molecule has 3 heterocycles. The van der Waals surface area contributed by atoms with Crippen LogP contribution in [-0.4, -0.2) is 27.0 Å². The lowest BCUT2D eigenvalue weighted by molar-refractivity contribution is -0.118. The highest BCUT2D eigenvalue weighted by molar-refractivity contribution is 6.02. The number of rotatable bonds is 3. The van der Waals surface area contributed by atoms with Crippen molar-refractivity contribution in [1.82, 2.24) is 14.5 Å². The van der Waals surface area contributed by atoms with Crippen LogP contribution in [0.3, 0.4) is 0 Å². The number of carbonyl (C=O) groups is 1. The first kappa shape index (κ1) is 19.2. The molecule has 4 aromatic rings. The van der Waals surface area contributed by atoms with Crippen LogP contribution in [0.4, 0.5) is 20.3 Å². The summed E-state index contributed by atoms with van der Waals surface area (Å²) < 4.78 is 29.1. The van der Waals surface area contributed by atoms with E-state index >= 15 is 0 Å². The van der Waals surface area contributed by atoms with E-state index in [2.05, 4.69) is 9.97 Å². The molecule has 0 radical (unpaired) electrons. The third-order valence-corrected chi connectivity index (χ3v) is 5.77. The van der Waals surface area contributed by atoms with Gasteiger partial charge in [-0.25, -0.2) is 18.7 Å². The fourth-order valence-corrected chi connectivity index (χ4v) is 4.30. The molecule has 1 fully saturated rings. The summed E-state index contributed by atoms with van der Waals surface area (Å²) >= 11 is 0. The maximum Gasteiger partial charge on any atom is 0.234 e. The van der Waals surface area contributed by atoms with Gasteiger partial charge in [-0.2, -0.15) is 0 Å². The van der Waals surface area contributed by atoms with Crippen molar-refractivity contribution < 1.29 is 13.6 Å². The summed E-state index contributed by atoms with van der Waals surface area (Å²) in [4.78, 5) is 23.0. The van der Waals surface area contributed by atoms with Crippen molar-refractivity contribution in [2.45, 2.75) is 12.3 Å². The number of benzene rings is 2. The number of anilines is 2. The minimum Gasteiger partial charge on any atom is -0.383 e. The Morgan fingerprint density at radius 3 is 2.48 bits per heavy atom.